The minimum Gasteiger partial charge on any atom is -0.497 e. The largest absolute Gasteiger partial charge is 0.497 e. The zero-order chi connectivity index (χ0) is 23.3. The number of carbonyl (C=O) groups is 3. The summed E-state index contributed by atoms with van der Waals surface area (Å²) < 4.78 is 5.22. The third-order valence-corrected chi connectivity index (χ3v) is 6.88. The van der Waals surface area contributed by atoms with Gasteiger partial charge in [-0.1, -0.05) is 0 Å². The van der Waals surface area contributed by atoms with E-state index in [0.29, 0.717) is 19.0 Å². The Labute approximate surface area is 189 Å². The smallest absolute Gasteiger partial charge is 0.290 e. The molecule has 176 valence electrons. The predicted molar refractivity (Wildman–Crippen MR) is 121 cm³/mol. The van der Waals surface area contributed by atoms with Gasteiger partial charge in [-0.2, -0.15) is 0 Å². The van der Waals surface area contributed by atoms with E-state index in [0.717, 1.165) is 44.8 Å². The summed E-state index contributed by atoms with van der Waals surface area (Å²) in [5, 5.41) is 9.79. The van der Waals surface area contributed by atoms with Crippen molar-refractivity contribution in [3.63, 3.8) is 0 Å². The van der Waals surface area contributed by atoms with E-state index in [4.69, 9.17) is 14.6 Å². The van der Waals surface area contributed by atoms with Crippen LogP contribution in [0.5, 0.6) is 5.75 Å². The molecule has 0 bridgehead atoms. The maximum atomic E-state index is 12.8. The number of amides is 2. The third-order valence-electron chi connectivity index (χ3n) is 6.88. The van der Waals surface area contributed by atoms with Gasteiger partial charge in [0.25, 0.3) is 6.47 Å². The first-order valence-electron chi connectivity index (χ1n) is 11.0. The van der Waals surface area contributed by atoms with Crippen LogP contribution in [-0.4, -0.2) is 92.2 Å². The summed E-state index contributed by atoms with van der Waals surface area (Å²) in [6.45, 7) is 5.77. The second-order valence-electron chi connectivity index (χ2n) is 9.10. The molecule has 0 aliphatic carbocycles. The lowest BCUT2D eigenvalue weighted by Crippen LogP contribution is -2.73. The van der Waals surface area contributed by atoms with E-state index in [-0.39, 0.29) is 29.7 Å². The number of likely N-dealkylation sites (N-methyl/N-ethyl adjacent to an activating group) is 1. The number of likely N-dealkylation sites (tertiary alicyclic amines) is 2. The highest BCUT2D eigenvalue weighted by atomic mass is 16.5. The van der Waals surface area contributed by atoms with Gasteiger partial charge in [0, 0.05) is 69.3 Å². The zero-order valence-corrected chi connectivity index (χ0v) is 19.1. The fourth-order valence-corrected chi connectivity index (χ4v) is 5.05. The van der Waals surface area contributed by atoms with E-state index in [1.165, 1.54) is 5.69 Å². The lowest BCUT2D eigenvalue weighted by atomic mass is 9.72. The van der Waals surface area contributed by atoms with Crippen molar-refractivity contribution in [3.8, 4) is 5.75 Å². The number of carboxylic acid groups (broad SMARTS) is 1. The molecule has 2 amide bonds. The Bertz CT molecular complexity index is 801. The van der Waals surface area contributed by atoms with Gasteiger partial charge in [-0.25, -0.2) is 0 Å². The number of nitrogens with zero attached hydrogens (tertiary/aromatic N) is 3. The van der Waals surface area contributed by atoms with Crippen LogP contribution in [-0.2, 0) is 14.4 Å². The predicted octanol–water partition coefficient (Wildman–Crippen LogP) is 1.03. The van der Waals surface area contributed by atoms with E-state index in [1.807, 2.05) is 17.0 Å². The van der Waals surface area contributed by atoms with Gasteiger partial charge in [0.15, 0.2) is 0 Å². The zero-order valence-electron chi connectivity index (χ0n) is 19.1. The Kier molecular flexibility index (Phi) is 7.60. The molecule has 4 rings (SSSR count). The van der Waals surface area contributed by atoms with Crippen LogP contribution in [0.15, 0.2) is 24.3 Å². The van der Waals surface area contributed by atoms with Crippen molar-refractivity contribution in [2.75, 3.05) is 51.8 Å². The van der Waals surface area contributed by atoms with E-state index in [1.54, 1.807) is 14.0 Å². The Hall–Kier alpha value is -2.81. The second-order valence-corrected chi connectivity index (χ2v) is 9.10. The van der Waals surface area contributed by atoms with Crippen molar-refractivity contribution in [3.05, 3.63) is 24.3 Å². The number of carbonyl (C=O) groups excluding carboxylic acids is 2. The molecule has 3 heterocycles. The van der Waals surface area contributed by atoms with E-state index < -0.39 is 0 Å². The lowest BCUT2D eigenvalue weighted by Gasteiger charge is -2.61. The van der Waals surface area contributed by atoms with Gasteiger partial charge >= 0.3 is 0 Å². The van der Waals surface area contributed by atoms with Crippen molar-refractivity contribution in [2.24, 2.45) is 5.41 Å². The topological polar surface area (TPSA) is 102 Å². The highest BCUT2D eigenvalue weighted by Gasteiger charge is 2.53. The highest BCUT2D eigenvalue weighted by Crippen LogP contribution is 2.42. The molecule has 0 unspecified atom stereocenters. The van der Waals surface area contributed by atoms with Gasteiger partial charge < -0.3 is 25.0 Å². The van der Waals surface area contributed by atoms with Gasteiger partial charge in [0.2, 0.25) is 11.8 Å². The normalized spacial score (nSPS) is 23.5. The first-order valence-corrected chi connectivity index (χ1v) is 11.0. The molecule has 1 spiro atoms. The average molecular weight is 447 g/mol. The van der Waals surface area contributed by atoms with Crippen molar-refractivity contribution in [1.82, 2.24) is 15.1 Å². The summed E-state index contributed by atoms with van der Waals surface area (Å²) in [4.78, 5) is 38.9. The molecule has 1 aromatic rings. The van der Waals surface area contributed by atoms with Gasteiger partial charge in [-0.3, -0.25) is 19.3 Å². The summed E-state index contributed by atoms with van der Waals surface area (Å²) >= 11 is 0. The molecule has 3 fully saturated rings. The third kappa shape index (κ3) is 5.32. The molecule has 9 heteroatoms. The molecule has 1 aromatic carbocycles. The lowest BCUT2D eigenvalue weighted by molar-refractivity contribution is -0.146. The van der Waals surface area contributed by atoms with Crippen LogP contribution in [0.25, 0.3) is 0 Å². The molecular weight excluding hydrogens is 412 g/mol. The van der Waals surface area contributed by atoms with Gasteiger partial charge in [-0.05, 0) is 44.2 Å². The number of ether oxygens (including phenoxy) is 1. The molecular formula is C23H34N4O5. The fourth-order valence-electron chi connectivity index (χ4n) is 5.05. The SMILES string of the molecule is COc1ccc(N2CC3(CN(C(=O)C[C@@H]4CC[C@H](CNC(C)=O)N4C)C3)C2)cc1.O=CO. The Morgan fingerprint density at radius 1 is 1.16 bits per heavy atom. The van der Waals surface area contributed by atoms with E-state index in [9.17, 15) is 9.59 Å². The average Bonchev–Trinajstić information content (AvgIpc) is 3.05. The number of nitrogens with one attached hydrogen (secondary N) is 1. The highest BCUT2D eigenvalue weighted by molar-refractivity contribution is 5.78. The molecule has 2 atom stereocenters. The summed E-state index contributed by atoms with van der Waals surface area (Å²) in [6, 6.07) is 8.81. The first kappa shape index (κ1) is 23.8. The van der Waals surface area contributed by atoms with Crippen molar-refractivity contribution >= 4 is 24.0 Å². The minimum atomic E-state index is -0.250. The maximum absolute atomic E-state index is 12.8. The molecule has 2 N–H and O–H groups in total. The summed E-state index contributed by atoms with van der Waals surface area (Å²) in [5.74, 6) is 1.16. The second kappa shape index (κ2) is 10.2. The number of methoxy groups -OCH3 is 1. The maximum Gasteiger partial charge on any atom is 0.290 e. The molecule has 3 saturated heterocycles. The van der Waals surface area contributed by atoms with Crippen LogP contribution < -0.4 is 15.0 Å². The number of hydrogen-bond acceptors (Lipinski definition) is 6. The number of benzene rings is 1. The van der Waals surface area contributed by atoms with Crippen LogP contribution in [0.1, 0.15) is 26.2 Å². The Morgan fingerprint density at radius 3 is 2.31 bits per heavy atom. The van der Waals surface area contributed by atoms with Crippen LogP contribution in [0.3, 0.4) is 0 Å². The number of hydrogen-bond donors (Lipinski definition) is 2. The minimum absolute atomic E-state index is 0.00739. The monoisotopic (exact) mass is 446 g/mol. The van der Waals surface area contributed by atoms with E-state index >= 15 is 0 Å². The molecule has 32 heavy (non-hydrogen) atoms. The quantitative estimate of drug-likeness (QED) is 0.630. The van der Waals surface area contributed by atoms with Gasteiger partial charge in [0.05, 0.1) is 7.11 Å². The molecule has 3 aliphatic rings. The number of rotatable bonds is 6. The van der Waals surface area contributed by atoms with Crippen LogP contribution in [0.4, 0.5) is 5.69 Å². The van der Waals surface area contributed by atoms with Crippen LogP contribution >= 0.6 is 0 Å². The summed E-state index contributed by atoms with van der Waals surface area (Å²) in [5.41, 5.74) is 1.50. The van der Waals surface area contributed by atoms with Gasteiger partial charge in [-0.15, -0.1) is 0 Å². The Balaban J connectivity index is 0.000000913. The molecule has 9 nitrogen and oxygen atoms in total. The molecule has 0 aromatic heterocycles. The first-order chi connectivity index (χ1) is 15.3. The summed E-state index contributed by atoms with van der Waals surface area (Å²) in [6.07, 6.45) is 2.65. The van der Waals surface area contributed by atoms with Crippen molar-refractivity contribution in [1.29, 1.82) is 0 Å². The number of anilines is 1. The molecule has 3 aliphatic heterocycles. The Morgan fingerprint density at radius 2 is 1.75 bits per heavy atom. The molecule has 0 radical (unpaired) electrons. The van der Waals surface area contributed by atoms with Crippen LogP contribution in [0.2, 0.25) is 0 Å². The summed E-state index contributed by atoms with van der Waals surface area (Å²) in [7, 11) is 3.76. The molecule has 0 saturated carbocycles. The van der Waals surface area contributed by atoms with Crippen LogP contribution in [0, 0.1) is 5.41 Å². The standard InChI is InChI=1S/C22H32N4O3.CH2O2/c1-16(27)23-11-19-5-4-18(24(19)2)10-21(28)26-14-22(15-26)12-25(13-22)17-6-8-20(29-3)9-7-17;2-1-3/h6-9,18-19H,4-5,10-15H2,1-3H3,(H,23,27);1H,(H,2,3)/t18-,19+;/m0./s1. The fraction of sp³-hybridized carbons (Fsp3) is 0.609. The van der Waals surface area contributed by atoms with Gasteiger partial charge in [0.1, 0.15) is 5.75 Å². The van der Waals surface area contributed by atoms with Crippen molar-refractivity contribution < 1.29 is 24.2 Å². The van der Waals surface area contributed by atoms with Crippen molar-refractivity contribution in [2.45, 2.75) is 38.3 Å². The van der Waals surface area contributed by atoms with E-state index in [2.05, 4.69) is 34.3 Å².